The molecule has 3 aromatic rings. The number of nitrogens with two attached hydrogens (primary N) is 1. The van der Waals surface area contributed by atoms with Crippen LogP contribution in [0.1, 0.15) is 40.4 Å². The van der Waals surface area contributed by atoms with Gasteiger partial charge in [-0.3, -0.25) is 8.77 Å². The number of anilines is 1. The van der Waals surface area contributed by atoms with Gasteiger partial charge >= 0.3 is 6.36 Å². The molecule has 4 rings (SSSR count). The monoisotopic (exact) mass is 594 g/mol. The molecule has 0 atom stereocenters. The number of rotatable bonds is 4. The van der Waals surface area contributed by atoms with E-state index in [2.05, 4.69) is 30.9 Å². The Kier molecular flexibility index (Phi) is 6.67. The van der Waals surface area contributed by atoms with E-state index >= 15 is 0 Å². The maximum absolute atomic E-state index is 14.8. The lowest BCUT2D eigenvalue weighted by atomic mass is 9.87. The zero-order valence-corrected chi connectivity index (χ0v) is 20.3. The highest BCUT2D eigenvalue weighted by Gasteiger charge is 2.32. The highest BCUT2D eigenvalue weighted by atomic mass is 127. The summed E-state index contributed by atoms with van der Waals surface area (Å²) in [6.45, 7) is 2.67. The number of halogens is 5. The van der Waals surface area contributed by atoms with E-state index in [0.29, 0.717) is 37.1 Å². The SMILES string of the molecule is Cc1cc2c(C3CCN(C(=O)c4ccc(OC(F)(F)F)cc4N)CC3)c(F)cnc2n1SI. The fourth-order valence-electron chi connectivity index (χ4n) is 4.22. The van der Waals surface area contributed by atoms with E-state index in [1.165, 1.54) is 21.4 Å². The normalized spacial score (nSPS) is 15.3. The number of likely N-dealkylation sites (tertiary alicyclic amines) is 1. The van der Waals surface area contributed by atoms with Crippen LogP contribution in [0.4, 0.5) is 23.2 Å². The van der Waals surface area contributed by atoms with Gasteiger partial charge in [0.2, 0.25) is 0 Å². The molecule has 0 radical (unpaired) electrons. The van der Waals surface area contributed by atoms with Gasteiger partial charge in [0.15, 0.2) is 5.65 Å². The molecular weight excluding hydrogens is 575 g/mol. The van der Waals surface area contributed by atoms with Crippen molar-refractivity contribution in [3.8, 4) is 5.75 Å². The van der Waals surface area contributed by atoms with E-state index in [-0.39, 0.29) is 28.9 Å². The fourth-order valence-corrected chi connectivity index (χ4v) is 6.09. The Labute approximate surface area is 203 Å². The van der Waals surface area contributed by atoms with Crippen molar-refractivity contribution < 1.29 is 27.1 Å². The fraction of sp³-hybridized carbons (Fsp3) is 0.333. The van der Waals surface area contributed by atoms with Crippen LogP contribution in [0.25, 0.3) is 11.0 Å². The Bertz CT molecular complexity index is 1210. The minimum Gasteiger partial charge on any atom is -0.406 e. The summed E-state index contributed by atoms with van der Waals surface area (Å²) in [6.07, 6.45) is -2.53. The number of ether oxygens (including phenoxy) is 1. The summed E-state index contributed by atoms with van der Waals surface area (Å²) in [5.41, 5.74) is 8.10. The molecule has 1 aromatic carbocycles. The largest absolute Gasteiger partial charge is 0.573 e. The second-order valence-electron chi connectivity index (χ2n) is 7.77. The third-order valence-electron chi connectivity index (χ3n) is 5.70. The van der Waals surface area contributed by atoms with E-state index in [1.807, 2.05) is 17.0 Å². The number of benzene rings is 1. The highest BCUT2D eigenvalue weighted by molar-refractivity contribution is 14.2. The first-order chi connectivity index (χ1) is 15.6. The number of hydrogen-bond acceptors (Lipinski definition) is 5. The number of nitrogen functional groups attached to an aromatic ring is 1. The summed E-state index contributed by atoms with van der Waals surface area (Å²) in [7, 11) is 1.47. The summed E-state index contributed by atoms with van der Waals surface area (Å²) in [5, 5.41) is 0.769. The molecule has 0 bridgehead atoms. The number of amides is 1. The molecule has 1 saturated heterocycles. The van der Waals surface area contributed by atoms with E-state index in [1.54, 1.807) is 4.90 Å². The predicted molar refractivity (Wildman–Crippen MR) is 127 cm³/mol. The number of aromatic nitrogens is 2. The van der Waals surface area contributed by atoms with Gasteiger partial charge in [-0.1, -0.05) is 0 Å². The van der Waals surface area contributed by atoms with Crippen LogP contribution >= 0.6 is 30.3 Å². The Hall–Kier alpha value is -2.22. The molecule has 6 nitrogen and oxygen atoms in total. The third kappa shape index (κ3) is 4.86. The van der Waals surface area contributed by atoms with Crippen molar-refractivity contribution in [1.29, 1.82) is 0 Å². The van der Waals surface area contributed by atoms with Gasteiger partial charge in [-0.15, -0.1) is 13.2 Å². The number of fused-ring (bicyclic) bond motifs is 1. The van der Waals surface area contributed by atoms with Crippen LogP contribution in [0.2, 0.25) is 0 Å². The number of pyridine rings is 1. The Morgan fingerprint density at radius 2 is 1.97 bits per heavy atom. The van der Waals surface area contributed by atoms with Gasteiger partial charge in [0, 0.05) is 71.8 Å². The van der Waals surface area contributed by atoms with Crippen molar-refractivity contribution >= 4 is 53.0 Å². The van der Waals surface area contributed by atoms with E-state index in [4.69, 9.17) is 5.73 Å². The van der Waals surface area contributed by atoms with Crippen LogP contribution in [0, 0.1) is 12.7 Å². The van der Waals surface area contributed by atoms with Gasteiger partial charge in [-0.25, -0.2) is 9.37 Å². The number of carbonyl (C=O) groups is 1. The summed E-state index contributed by atoms with van der Waals surface area (Å²) >= 11 is 2.15. The average molecular weight is 594 g/mol. The maximum atomic E-state index is 14.8. The molecule has 1 aliphatic rings. The van der Waals surface area contributed by atoms with Gasteiger partial charge in [-0.05, 0) is 43.9 Å². The first kappa shape index (κ1) is 23.9. The van der Waals surface area contributed by atoms with Crippen LogP contribution in [-0.4, -0.2) is 39.2 Å². The highest BCUT2D eigenvalue weighted by Crippen LogP contribution is 2.38. The van der Waals surface area contributed by atoms with Crippen LogP contribution < -0.4 is 10.5 Å². The molecule has 12 heteroatoms. The van der Waals surface area contributed by atoms with Crippen molar-refractivity contribution in [2.75, 3.05) is 18.8 Å². The second-order valence-corrected chi connectivity index (χ2v) is 9.45. The molecule has 1 fully saturated rings. The molecule has 0 spiro atoms. The number of hydrogen-bond donors (Lipinski definition) is 1. The number of alkyl halides is 3. The van der Waals surface area contributed by atoms with Crippen LogP contribution in [0.5, 0.6) is 5.75 Å². The van der Waals surface area contributed by atoms with E-state index in [9.17, 15) is 22.4 Å². The van der Waals surface area contributed by atoms with Crippen molar-refractivity contribution in [2.45, 2.75) is 32.0 Å². The van der Waals surface area contributed by atoms with Gasteiger partial charge in [-0.2, -0.15) is 0 Å². The van der Waals surface area contributed by atoms with E-state index < -0.39 is 12.1 Å². The second kappa shape index (κ2) is 9.20. The number of aryl methyl sites for hydroxylation is 1. The maximum Gasteiger partial charge on any atom is 0.573 e. The molecule has 33 heavy (non-hydrogen) atoms. The van der Waals surface area contributed by atoms with E-state index in [0.717, 1.165) is 23.2 Å². The van der Waals surface area contributed by atoms with Crippen molar-refractivity contribution in [1.82, 2.24) is 13.9 Å². The minimum absolute atomic E-state index is 0.0890. The minimum atomic E-state index is -4.84. The summed E-state index contributed by atoms with van der Waals surface area (Å²) in [4.78, 5) is 18.8. The lowest BCUT2D eigenvalue weighted by molar-refractivity contribution is -0.274. The first-order valence-corrected chi connectivity index (χ1v) is 13.3. The number of piperidine rings is 1. The molecule has 1 amide bonds. The lowest BCUT2D eigenvalue weighted by Crippen LogP contribution is -2.38. The molecule has 0 unspecified atom stereocenters. The third-order valence-corrected chi connectivity index (χ3v) is 7.48. The molecule has 176 valence electrons. The lowest BCUT2D eigenvalue weighted by Gasteiger charge is -2.33. The molecule has 0 aliphatic carbocycles. The Morgan fingerprint density at radius 1 is 1.27 bits per heavy atom. The van der Waals surface area contributed by atoms with Crippen molar-refractivity contribution in [3.05, 3.63) is 53.1 Å². The molecule has 2 aromatic heterocycles. The quantitative estimate of drug-likeness (QED) is 0.234. The topological polar surface area (TPSA) is 73.4 Å². The molecule has 2 N–H and O–H groups in total. The smallest absolute Gasteiger partial charge is 0.406 e. The molecular formula is C21H19F4IN4O2S. The zero-order valence-electron chi connectivity index (χ0n) is 17.3. The standard InChI is InChI=1S/C21H19F4IN4O2S/c1-11-8-15-18(16(22)10-28-19(15)30(11)33-26)12-4-6-29(7-5-12)20(31)14-3-2-13(9-17(14)27)32-21(23,24)25/h2-3,8-10,12H,4-7,27H2,1H3. The van der Waals surface area contributed by atoms with Gasteiger partial charge < -0.3 is 15.4 Å². The van der Waals surface area contributed by atoms with Crippen LogP contribution in [0.3, 0.4) is 0 Å². The van der Waals surface area contributed by atoms with Crippen molar-refractivity contribution in [3.63, 3.8) is 0 Å². The Morgan fingerprint density at radius 3 is 2.58 bits per heavy atom. The molecule has 3 heterocycles. The zero-order chi connectivity index (χ0) is 23.9. The summed E-state index contributed by atoms with van der Waals surface area (Å²) < 4.78 is 57.8. The predicted octanol–water partition coefficient (Wildman–Crippen LogP) is 5.83. The van der Waals surface area contributed by atoms with Crippen molar-refractivity contribution in [2.24, 2.45) is 0 Å². The van der Waals surface area contributed by atoms with Gasteiger partial charge in [0.1, 0.15) is 11.6 Å². The summed E-state index contributed by atoms with van der Waals surface area (Å²) in [5.74, 6) is -1.33. The van der Waals surface area contributed by atoms with Crippen LogP contribution in [0.15, 0.2) is 30.5 Å². The van der Waals surface area contributed by atoms with Gasteiger partial charge in [0.25, 0.3) is 5.91 Å². The Balaban J connectivity index is 1.51. The average Bonchev–Trinajstić information content (AvgIpc) is 3.07. The first-order valence-electron chi connectivity index (χ1n) is 9.99. The summed E-state index contributed by atoms with van der Waals surface area (Å²) in [6, 6.07) is 5.19. The number of nitrogens with zero attached hydrogens (tertiary/aromatic N) is 3. The molecule has 0 saturated carbocycles. The van der Waals surface area contributed by atoms with Gasteiger partial charge in [0.05, 0.1) is 11.8 Å². The molecule has 1 aliphatic heterocycles. The van der Waals surface area contributed by atoms with Crippen LogP contribution in [-0.2, 0) is 0 Å². The number of carbonyl (C=O) groups excluding carboxylic acids is 1.